The second kappa shape index (κ2) is 3.33. The molecule has 0 saturated heterocycles. The lowest BCUT2D eigenvalue weighted by Crippen LogP contribution is -2.27. The van der Waals surface area contributed by atoms with Crippen LogP contribution in [0.1, 0.15) is 30.9 Å². The summed E-state index contributed by atoms with van der Waals surface area (Å²) in [5, 5.41) is 13.0. The summed E-state index contributed by atoms with van der Waals surface area (Å²) in [4.78, 5) is 0. The summed E-state index contributed by atoms with van der Waals surface area (Å²) in [6.45, 7) is 1.94. The maximum Gasteiger partial charge on any atom is 0.0877 e. The van der Waals surface area contributed by atoms with Crippen molar-refractivity contribution in [2.45, 2.75) is 31.8 Å². The van der Waals surface area contributed by atoms with E-state index in [1.165, 1.54) is 16.3 Å². The molecule has 0 spiro atoms. The van der Waals surface area contributed by atoms with Crippen molar-refractivity contribution in [3.63, 3.8) is 0 Å². The van der Waals surface area contributed by atoms with E-state index in [0.29, 0.717) is 0 Å². The van der Waals surface area contributed by atoms with Crippen molar-refractivity contribution in [3.05, 3.63) is 47.5 Å². The second-order valence-corrected chi connectivity index (χ2v) is 4.95. The Morgan fingerprint density at radius 3 is 2.81 bits per heavy atom. The summed E-state index contributed by atoms with van der Waals surface area (Å²) >= 11 is 0. The van der Waals surface area contributed by atoms with Crippen LogP contribution < -0.4 is 0 Å². The van der Waals surface area contributed by atoms with Gasteiger partial charge in [-0.05, 0) is 48.1 Å². The standard InChI is InChI=1S/C15H16O/c1-15(16)10-4-6-12-9-8-11-5-2-3-7-13(11)14(12)15/h2-3,5,7-9,16H,4,6,10H2,1H3. The van der Waals surface area contributed by atoms with Crippen LogP contribution in [0.5, 0.6) is 0 Å². The highest BCUT2D eigenvalue weighted by molar-refractivity contribution is 5.87. The van der Waals surface area contributed by atoms with Crippen molar-refractivity contribution in [2.24, 2.45) is 0 Å². The molecule has 0 saturated carbocycles. The Morgan fingerprint density at radius 1 is 1.12 bits per heavy atom. The molecule has 0 amide bonds. The smallest absolute Gasteiger partial charge is 0.0877 e. The Kier molecular flexibility index (Phi) is 2.05. The van der Waals surface area contributed by atoms with E-state index in [1.54, 1.807) is 0 Å². The topological polar surface area (TPSA) is 20.2 Å². The van der Waals surface area contributed by atoms with Gasteiger partial charge in [0.25, 0.3) is 0 Å². The van der Waals surface area contributed by atoms with Gasteiger partial charge in [0.1, 0.15) is 0 Å². The van der Waals surface area contributed by atoms with E-state index in [1.807, 2.05) is 19.1 Å². The van der Waals surface area contributed by atoms with Crippen LogP contribution in [0.15, 0.2) is 36.4 Å². The molecule has 0 radical (unpaired) electrons. The van der Waals surface area contributed by atoms with Crippen LogP contribution in [0.2, 0.25) is 0 Å². The number of aryl methyl sites for hydroxylation is 1. The number of rotatable bonds is 0. The van der Waals surface area contributed by atoms with E-state index in [4.69, 9.17) is 0 Å². The molecular formula is C15H16O. The predicted octanol–water partition coefficient (Wildman–Crippen LogP) is 3.38. The summed E-state index contributed by atoms with van der Waals surface area (Å²) in [6.07, 6.45) is 3.04. The molecule has 0 fully saturated rings. The highest BCUT2D eigenvalue weighted by atomic mass is 16.3. The zero-order chi connectivity index (χ0) is 11.2. The molecule has 1 heteroatoms. The molecule has 1 nitrogen and oxygen atoms in total. The fraction of sp³-hybridized carbons (Fsp3) is 0.333. The van der Waals surface area contributed by atoms with E-state index in [2.05, 4.69) is 24.3 Å². The van der Waals surface area contributed by atoms with E-state index in [-0.39, 0.29) is 0 Å². The Bertz CT molecular complexity index is 540. The number of aliphatic hydroxyl groups is 1. The van der Waals surface area contributed by atoms with Crippen LogP contribution in [0, 0.1) is 0 Å². The minimum atomic E-state index is -0.658. The van der Waals surface area contributed by atoms with Crippen molar-refractivity contribution in [3.8, 4) is 0 Å². The molecule has 82 valence electrons. The van der Waals surface area contributed by atoms with Gasteiger partial charge in [-0.15, -0.1) is 0 Å². The molecule has 1 atom stereocenters. The van der Waals surface area contributed by atoms with Crippen LogP contribution in [-0.4, -0.2) is 5.11 Å². The zero-order valence-corrected chi connectivity index (χ0v) is 9.53. The number of fused-ring (bicyclic) bond motifs is 3. The highest BCUT2D eigenvalue weighted by Gasteiger charge is 2.30. The Morgan fingerprint density at radius 2 is 1.94 bits per heavy atom. The number of hydrogen-bond acceptors (Lipinski definition) is 1. The van der Waals surface area contributed by atoms with Gasteiger partial charge in [0.15, 0.2) is 0 Å². The Labute approximate surface area is 95.7 Å². The molecule has 1 unspecified atom stereocenters. The van der Waals surface area contributed by atoms with Gasteiger partial charge in [0, 0.05) is 0 Å². The van der Waals surface area contributed by atoms with Gasteiger partial charge < -0.3 is 5.11 Å². The van der Waals surface area contributed by atoms with Gasteiger partial charge in [-0.3, -0.25) is 0 Å². The maximum absolute atomic E-state index is 10.5. The summed E-state index contributed by atoms with van der Waals surface area (Å²) in [5.41, 5.74) is 1.81. The summed E-state index contributed by atoms with van der Waals surface area (Å²) in [6, 6.07) is 12.7. The third-order valence-electron chi connectivity index (χ3n) is 3.66. The number of hydrogen-bond donors (Lipinski definition) is 1. The lowest BCUT2D eigenvalue weighted by molar-refractivity contribution is 0.0403. The maximum atomic E-state index is 10.5. The average Bonchev–Trinajstić information content (AvgIpc) is 2.28. The minimum Gasteiger partial charge on any atom is -0.385 e. The Hall–Kier alpha value is -1.34. The summed E-state index contributed by atoms with van der Waals surface area (Å²) < 4.78 is 0. The van der Waals surface area contributed by atoms with Crippen LogP contribution in [-0.2, 0) is 12.0 Å². The largest absolute Gasteiger partial charge is 0.385 e. The highest BCUT2D eigenvalue weighted by Crippen LogP contribution is 2.39. The molecule has 0 bridgehead atoms. The van der Waals surface area contributed by atoms with Crippen molar-refractivity contribution in [2.75, 3.05) is 0 Å². The van der Waals surface area contributed by atoms with E-state index >= 15 is 0 Å². The lowest BCUT2D eigenvalue weighted by atomic mass is 9.78. The SMILES string of the molecule is CC1(O)CCCc2ccc3ccccc3c21. The van der Waals surface area contributed by atoms with Gasteiger partial charge in [0.2, 0.25) is 0 Å². The van der Waals surface area contributed by atoms with Crippen molar-refractivity contribution < 1.29 is 5.11 Å². The average molecular weight is 212 g/mol. The quantitative estimate of drug-likeness (QED) is 0.709. The third-order valence-corrected chi connectivity index (χ3v) is 3.66. The van der Waals surface area contributed by atoms with E-state index in [9.17, 15) is 5.11 Å². The molecule has 2 aromatic carbocycles. The van der Waals surface area contributed by atoms with Gasteiger partial charge in [0.05, 0.1) is 5.60 Å². The first-order chi connectivity index (χ1) is 7.68. The zero-order valence-electron chi connectivity index (χ0n) is 9.53. The molecule has 3 rings (SSSR count). The van der Waals surface area contributed by atoms with Crippen LogP contribution >= 0.6 is 0 Å². The van der Waals surface area contributed by atoms with Gasteiger partial charge in [-0.25, -0.2) is 0 Å². The first-order valence-corrected chi connectivity index (χ1v) is 5.92. The van der Waals surface area contributed by atoms with Crippen LogP contribution in [0.3, 0.4) is 0 Å². The van der Waals surface area contributed by atoms with Gasteiger partial charge in [-0.1, -0.05) is 36.4 Å². The molecule has 1 aliphatic rings. The Balaban J connectivity index is 2.39. The second-order valence-electron chi connectivity index (χ2n) is 4.95. The van der Waals surface area contributed by atoms with Crippen molar-refractivity contribution in [1.82, 2.24) is 0 Å². The lowest BCUT2D eigenvalue weighted by Gasteiger charge is -2.32. The summed E-state index contributed by atoms with van der Waals surface area (Å²) in [5.74, 6) is 0. The van der Waals surface area contributed by atoms with Crippen molar-refractivity contribution >= 4 is 10.8 Å². The molecule has 2 aromatic rings. The van der Waals surface area contributed by atoms with Crippen LogP contribution in [0.25, 0.3) is 10.8 Å². The molecule has 16 heavy (non-hydrogen) atoms. The van der Waals surface area contributed by atoms with Crippen molar-refractivity contribution in [1.29, 1.82) is 0 Å². The van der Waals surface area contributed by atoms with Gasteiger partial charge in [-0.2, -0.15) is 0 Å². The predicted molar refractivity (Wildman–Crippen MR) is 66.5 cm³/mol. The first kappa shape index (κ1) is 9.86. The minimum absolute atomic E-state index is 0.658. The molecule has 0 aromatic heterocycles. The van der Waals surface area contributed by atoms with E-state index < -0.39 is 5.60 Å². The number of benzene rings is 2. The normalized spacial score (nSPS) is 24.4. The summed E-state index contributed by atoms with van der Waals surface area (Å²) in [7, 11) is 0. The molecule has 1 aliphatic carbocycles. The first-order valence-electron chi connectivity index (χ1n) is 5.92. The molecule has 0 aliphatic heterocycles. The third kappa shape index (κ3) is 1.35. The van der Waals surface area contributed by atoms with Crippen LogP contribution in [0.4, 0.5) is 0 Å². The molecular weight excluding hydrogens is 196 g/mol. The monoisotopic (exact) mass is 212 g/mol. The van der Waals surface area contributed by atoms with Gasteiger partial charge >= 0.3 is 0 Å². The fourth-order valence-corrected chi connectivity index (χ4v) is 2.91. The molecule has 0 heterocycles. The molecule has 1 N–H and O–H groups in total. The fourth-order valence-electron chi connectivity index (χ4n) is 2.91. The van der Waals surface area contributed by atoms with E-state index in [0.717, 1.165) is 24.8 Å².